The Morgan fingerprint density at radius 2 is 1.05 bits per heavy atom. The summed E-state index contributed by atoms with van der Waals surface area (Å²) >= 11 is 0. The van der Waals surface area contributed by atoms with Crippen LogP contribution >= 0.6 is 0 Å². The van der Waals surface area contributed by atoms with Gasteiger partial charge in [0.05, 0.1) is 62.3 Å². The highest BCUT2D eigenvalue weighted by atomic mass is 19.1. The van der Waals surface area contributed by atoms with Crippen LogP contribution in [0.25, 0.3) is 0 Å². The fourth-order valence-corrected chi connectivity index (χ4v) is 5.64. The van der Waals surface area contributed by atoms with Crippen molar-refractivity contribution < 1.29 is 47.5 Å². The van der Waals surface area contributed by atoms with Crippen molar-refractivity contribution in [3.05, 3.63) is 48.0 Å². The number of hydrogen-bond acceptors (Lipinski definition) is 10. The number of benzene rings is 2. The molecular formula is C28H32F2N4O8. The Morgan fingerprint density at radius 3 is 1.40 bits per heavy atom. The maximum absolute atomic E-state index is 14.9. The molecule has 0 saturated carbocycles. The molecule has 4 aliphatic heterocycles. The third-order valence-corrected chi connectivity index (χ3v) is 7.97. The van der Waals surface area contributed by atoms with E-state index in [1.54, 1.807) is 24.3 Å². The van der Waals surface area contributed by atoms with Gasteiger partial charge in [-0.2, -0.15) is 0 Å². The third kappa shape index (κ3) is 5.54. The number of carbonyl (C=O) groups is 2. The molecule has 0 aromatic heterocycles. The molecule has 14 heteroatoms. The molecular weight excluding hydrogens is 558 g/mol. The number of morpholine rings is 2. The van der Waals surface area contributed by atoms with Crippen LogP contribution in [0.1, 0.15) is 0 Å². The lowest BCUT2D eigenvalue weighted by molar-refractivity contribution is -0.0873. The first-order chi connectivity index (χ1) is 20.3. The van der Waals surface area contributed by atoms with Crippen molar-refractivity contribution in [2.45, 2.75) is 24.4 Å². The molecule has 4 fully saturated rings. The molecule has 226 valence electrons. The Bertz CT molecular complexity index is 1220. The highest BCUT2D eigenvalue weighted by Gasteiger charge is 2.46. The van der Waals surface area contributed by atoms with Gasteiger partial charge in [-0.05, 0) is 36.4 Å². The predicted octanol–water partition coefficient (Wildman–Crippen LogP) is 1.71. The predicted molar refractivity (Wildman–Crippen MR) is 146 cm³/mol. The minimum Gasteiger partial charge on any atom is -0.441 e. The summed E-state index contributed by atoms with van der Waals surface area (Å²) in [5, 5.41) is 21.7. The van der Waals surface area contributed by atoms with Crippen LogP contribution in [0.3, 0.4) is 0 Å². The molecule has 2 N–H and O–H groups in total. The lowest BCUT2D eigenvalue weighted by Gasteiger charge is -2.29. The van der Waals surface area contributed by atoms with Crippen LogP contribution in [0.4, 0.5) is 41.1 Å². The number of aliphatic hydroxyl groups excluding tert-OH is 2. The van der Waals surface area contributed by atoms with E-state index >= 15 is 0 Å². The van der Waals surface area contributed by atoms with Gasteiger partial charge in [-0.1, -0.05) is 0 Å². The number of halogens is 2. The van der Waals surface area contributed by atoms with Crippen molar-refractivity contribution >= 4 is 34.9 Å². The Hall–Kier alpha value is -3.72. The van der Waals surface area contributed by atoms with Gasteiger partial charge in [0.25, 0.3) is 0 Å². The summed E-state index contributed by atoms with van der Waals surface area (Å²) in [4.78, 5) is 31.3. The molecule has 0 spiro atoms. The van der Waals surface area contributed by atoms with Gasteiger partial charge in [-0.25, -0.2) is 18.4 Å². The van der Waals surface area contributed by atoms with Crippen LogP contribution in [0.5, 0.6) is 0 Å². The second kappa shape index (κ2) is 11.9. The number of aliphatic hydroxyl groups is 2. The number of anilines is 4. The van der Waals surface area contributed by atoms with Gasteiger partial charge in [0.15, 0.2) is 12.2 Å². The Labute approximate surface area is 240 Å². The van der Waals surface area contributed by atoms with Crippen LogP contribution in [-0.4, -0.2) is 113 Å². The molecule has 2 amide bonds. The van der Waals surface area contributed by atoms with Gasteiger partial charge in [0.2, 0.25) is 0 Å². The van der Waals surface area contributed by atoms with E-state index in [0.29, 0.717) is 64.0 Å². The second-order valence-corrected chi connectivity index (χ2v) is 10.5. The van der Waals surface area contributed by atoms with Gasteiger partial charge >= 0.3 is 12.2 Å². The van der Waals surface area contributed by atoms with Crippen LogP contribution < -0.4 is 19.6 Å². The molecule has 4 atom stereocenters. The van der Waals surface area contributed by atoms with Gasteiger partial charge in [-0.3, -0.25) is 9.80 Å². The number of cyclic esters (lactones) is 2. The van der Waals surface area contributed by atoms with Gasteiger partial charge in [0.1, 0.15) is 23.8 Å². The first-order valence-corrected chi connectivity index (χ1v) is 13.9. The summed E-state index contributed by atoms with van der Waals surface area (Å²) in [5.74, 6) is -1.03. The van der Waals surface area contributed by atoms with E-state index in [2.05, 4.69) is 0 Å². The number of rotatable bonds is 7. The maximum atomic E-state index is 14.9. The summed E-state index contributed by atoms with van der Waals surface area (Å²) in [6.07, 6.45) is -7.21. The van der Waals surface area contributed by atoms with Crippen molar-refractivity contribution in [2.75, 3.05) is 85.3 Å². The van der Waals surface area contributed by atoms with Crippen molar-refractivity contribution in [1.82, 2.24) is 0 Å². The minimum absolute atomic E-state index is 0.161. The Kier molecular flexibility index (Phi) is 8.03. The van der Waals surface area contributed by atoms with E-state index < -0.39 is 48.2 Å². The second-order valence-electron chi connectivity index (χ2n) is 10.5. The number of ether oxygens (including phenoxy) is 4. The molecule has 0 aliphatic carbocycles. The van der Waals surface area contributed by atoms with Crippen LogP contribution in [0, 0.1) is 11.6 Å². The molecule has 0 unspecified atom stereocenters. The van der Waals surface area contributed by atoms with E-state index in [-0.39, 0.29) is 24.5 Å². The molecule has 0 bridgehead atoms. The molecule has 4 aliphatic rings. The van der Waals surface area contributed by atoms with Crippen LogP contribution in [0.2, 0.25) is 0 Å². The van der Waals surface area contributed by atoms with E-state index in [1.165, 1.54) is 21.9 Å². The van der Waals surface area contributed by atoms with Crippen LogP contribution in [0.15, 0.2) is 36.4 Å². The maximum Gasteiger partial charge on any atom is 0.414 e. The molecule has 2 aromatic carbocycles. The summed E-state index contributed by atoms with van der Waals surface area (Å²) in [6, 6.07) is 8.75. The van der Waals surface area contributed by atoms with Gasteiger partial charge in [-0.15, -0.1) is 0 Å². The monoisotopic (exact) mass is 590 g/mol. The van der Waals surface area contributed by atoms with E-state index in [9.17, 15) is 28.6 Å². The molecule has 4 heterocycles. The SMILES string of the molecule is O=C1O[C@@H]([C@@H](O)[C@H](O)[C@H]2CN(c3ccc(N4CCOCC4)c(F)c3)C(=O)O2)CN1c1ccc(N2CCOCC2)c(F)c1. The minimum atomic E-state index is -1.62. The van der Waals surface area contributed by atoms with Crippen molar-refractivity contribution in [2.24, 2.45) is 0 Å². The zero-order valence-electron chi connectivity index (χ0n) is 22.7. The van der Waals surface area contributed by atoms with E-state index in [4.69, 9.17) is 18.9 Å². The Morgan fingerprint density at radius 1 is 0.667 bits per heavy atom. The van der Waals surface area contributed by atoms with E-state index in [1.807, 2.05) is 9.80 Å². The number of amides is 2. The molecule has 42 heavy (non-hydrogen) atoms. The lowest BCUT2D eigenvalue weighted by Crippen LogP contribution is -2.47. The molecule has 4 saturated heterocycles. The summed E-state index contributed by atoms with van der Waals surface area (Å²) in [7, 11) is 0. The topological polar surface area (TPSA) is 124 Å². The third-order valence-electron chi connectivity index (χ3n) is 7.97. The summed E-state index contributed by atoms with van der Waals surface area (Å²) in [5.41, 5.74) is 1.26. The standard InChI is InChI=1S/C28H32F2N4O8/c29-19-13-17(1-3-21(19)31-5-9-39-10-6-31)33-15-23(41-27(33)37)25(35)26(36)24-16-34(28(38)42-24)18-2-4-22(20(30)14-18)32-7-11-40-12-8-32/h1-4,13-14,23-26,35-36H,5-12,15-16H2/t23-,24-,25-,26-/m1/s1. The lowest BCUT2D eigenvalue weighted by atomic mass is 10.0. The fourth-order valence-electron chi connectivity index (χ4n) is 5.64. The molecule has 12 nitrogen and oxygen atoms in total. The molecule has 6 rings (SSSR count). The van der Waals surface area contributed by atoms with Gasteiger partial charge < -0.3 is 39.0 Å². The first-order valence-electron chi connectivity index (χ1n) is 13.9. The summed E-state index contributed by atoms with van der Waals surface area (Å²) < 4.78 is 51.0. The largest absolute Gasteiger partial charge is 0.441 e. The Balaban J connectivity index is 1.09. The number of hydrogen-bond donors (Lipinski definition) is 2. The molecule has 2 aromatic rings. The number of carbonyl (C=O) groups excluding carboxylic acids is 2. The first kappa shape index (κ1) is 28.4. The van der Waals surface area contributed by atoms with Crippen molar-refractivity contribution in [1.29, 1.82) is 0 Å². The van der Waals surface area contributed by atoms with Gasteiger partial charge in [0, 0.05) is 26.2 Å². The zero-order chi connectivity index (χ0) is 29.4. The van der Waals surface area contributed by atoms with E-state index in [0.717, 1.165) is 0 Å². The quantitative estimate of drug-likeness (QED) is 0.493. The highest BCUT2D eigenvalue weighted by Crippen LogP contribution is 2.32. The van der Waals surface area contributed by atoms with Crippen molar-refractivity contribution in [3.63, 3.8) is 0 Å². The smallest absolute Gasteiger partial charge is 0.414 e. The fraction of sp³-hybridized carbons (Fsp3) is 0.500. The zero-order valence-corrected chi connectivity index (χ0v) is 22.7. The van der Waals surface area contributed by atoms with Crippen molar-refractivity contribution in [3.8, 4) is 0 Å². The normalized spacial score (nSPS) is 24.6. The number of nitrogens with zero attached hydrogens (tertiary/aromatic N) is 4. The summed E-state index contributed by atoms with van der Waals surface area (Å²) in [6.45, 7) is 3.84. The highest BCUT2D eigenvalue weighted by molar-refractivity contribution is 5.91. The average molecular weight is 591 g/mol. The average Bonchev–Trinajstić information content (AvgIpc) is 3.59. The molecule has 0 radical (unpaired) electrons. The van der Waals surface area contributed by atoms with Crippen LogP contribution in [-0.2, 0) is 18.9 Å².